The Morgan fingerprint density at radius 2 is 1.42 bits per heavy atom. The summed E-state index contributed by atoms with van der Waals surface area (Å²) in [6.07, 6.45) is 10.9. The zero-order valence-electron chi connectivity index (χ0n) is 15.1. The summed E-state index contributed by atoms with van der Waals surface area (Å²) in [5.74, 6) is -0.777. The van der Waals surface area contributed by atoms with Crippen LogP contribution in [0.5, 0.6) is 0 Å². The maximum absolute atomic E-state index is 11.1. The maximum atomic E-state index is 11.1. The van der Waals surface area contributed by atoms with Crippen LogP contribution in [0.4, 0.5) is 0 Å². The number of hydrogen-bond donors (Lipinski definition) is 2. The van der Waals surface area contributed by atoms with E-state index in [4.69, 9.17) is 5.11 Å². The summed E-state index contributed by atoms with van der Waals surface area (Å²) >= 11 is 0. The summed E-state index contributed by atoms with van der Waals surface area (Å²) in [5.41, 5.74) is 0. The number of aliphatic carboxylic acids is 1. The van der Waals surface area contributed by atoms with Crippen molar-refractivity contribution >= 4 is 5.97 Å². The van der Waals surface area contributed by atoms with Crippen molar-refractivity contribution in [1.29, 1.82) is 0 Å². The molecule has 6 heteroatoms. The van der Waals surface area contributed by atoms with Gasteiger partial charge >= 0.3 is 5.97 Å². The van der Waals surface area contributed by atoms with Gasteiger partial charge in [0.2, 0.25) is 6.04 Å². The van der Waals surface area contributed by atoms with Crippen LogP contribution in [-0.2, 0) is 4.79 Å². The molecule has 0 aliphatic rings. The number of rotatable bonds is 17. The zero-order valence-corrected chi connectivity index (χ0v) is 15.1. The molecule has 0 rings (SSSR count). The molecule has 0 radical (unpaired) electrons. The van der Waals surface area contributed by atoms with Gasteiger partial charge in [0.1, 0.15) is 6.10 Å². The first-order chi connectivity index (χ1) is 11.5. The van der Waals surface area contributed by atoms with Crippen molar-refractivity contribution in [3.63, 3.8) is 0 Å². The third-order valence-corrected chi connectivity index (χ3v) is 4.46. The number of hydrogen-bond acceptors (Lipinski definition) is 4. The second kappa shape index (κ2) is 15.4. The first-order valence-corrected chi connectivity index (χ1v) is 9.52. The van der Waals surface area contributed by atoms with Gasteiger partial charge in [0.15, 0.2) is 0 Å². The van der Waals surface area contributed by atoms with Crippen molar-refractivity contribution in [3.8, 4) is 0 Å². The van der Waals surface area contributed by atoms with E-state index in [0.717, 1.165) is 38.5 Å². The molecule has 0 fully saturated rings. The SMILES string of the molecule is CCCCCCCCC(O)C(CCCCCCCC(=O)O)[N+](=O)[O-]. The van der Waals surface area contributed by atoms with E-state index < -0.39 is 18.1 Å². The normalized spacial score (nSPS) is 13.6. The molecule has 2 unspecified atom stereocenters. The van der Waals surface area contributed by atoms with Gasteiger partial charge in [-0.05, 0) is 19.3 Å². The molecule has 2 N–H and O–H groups in total. The number of nitro groups is 1. The minimum absolute atomic E-state index is 0.189. The molecule has 0 spiro atoms. The van der Waals surface area contributed by atoms with E-state index >= 15 is 0 Å². The van der Waals surface area contributed by atoms with Gasteiger partial charge in [-0.1, -0.05) is 64.7 Å². The molecular weight excluding hydrogens is 310 g/mol. The third-order valence-electron chi connectivity index (χ3n) is 4.46. The van der Waals surface area contributed by atoms with Gasteiger partial charge in [-0.15, -0.1) is 0 Å². The summed E-state index contributed by atoms with van der Waals surface area (Å²) < 4.78 is 0. The first kappa shape index (κ1) is 22.8. The molecule has 0 saturated heterocycles. The monoisotopic (exact) mass is 345 g/mol. The quantitative estimate of drug-likeness (QED) is 0.229. The van der Waals surface area contributed by atoms with Gasteiger partial charge in [-0.2, -0.15) is 0 Å². The Labute approximate surface area is 145 Å². The van der Waals surface area contributed by atoms with Crippen LogP contribution in [0.3, 0.4) is 0 Å². The molecule has 0 aromatic carbocycles. The standard InChI is InChI=1S/C18H35NO5/c1-2-3-4-5-8-11-14-17(20)16(19(23)24)13-10-7-6-9-12-15-18(21)22/h16-17,20H,2-15H2,1H3,(H,21,22). The predicted octanol–water partition coefficient (Wildman–Crippen LogP) is 4.56. The van der Waals surface area contributed by atoms with E-state index in [9.17, 15) is 20.0 Å². The topological polar surface area (TPSA) is 101 Å². The molecule has 0 amide bonds. The van der Waals surface area contributed by atoms with Crippen LogP contribution in [0.2, 0.25) is 0 Å². The Hall–Kier alpha value is -1.17. The zero-order chi connectivity index (χ0) is 18.2. The van der Waals surface area contributed by atoms with Crippen LogP contribution in [0, 0.1) is 10.1 Å². The van der Waals surface area contributed by atoms with Crippen LogP contribution in [0.25, 0.3) is 0 Å². The number of aliphatic hydroxyl groups excluding tert-OH is 1. The highest BCUT2D eigenvalue weighted by atomic mass is 16.6. The second-order valence-electron chi connectivity index (χ2n) is 6.68. The predicted molar refractivity (Wildman–Crippen MR) is 94.7 cm³/mol. The highest BCUT2D eigenvalue weighted by molar-refractivity contribution is 5.66. The molecule has 6 nitrogen and oxygen atoms in total. The highest BCUT2D eigenvalue weighted by Gasteiger charge is 2.28. The maximum Gasteiger partial charge on any atom is 0.303 e. The summed E-state index contributed by atoms with van der Waals surface area (Å²) in [7, 11) is 0. The number of carboxylic acids is 1. The van der Waals surface area contributed by atoms with Gasteiger partial charge in [0.25, 0.3) is 0 Å². The lowest BCUT2D eigenvalue weighted by Crippen LogP contribution is -2.33. The molecule has 0 aromatic heterocycles. The van der Waals surface area contributed by atoms with E-state index in [0.29, 0.717) is 25.7 Å². The molecule has 2 atom stereocenters. The lowest BCUT2D eigenvalue weighted by molar-refractivity contribution is -0.535. The molecule has 0 aromatic rings. The minimum Gasteiger partial charge on any atom is -0.481 e. The van der Waals surface area contributed by atoms with E-state index in [2.05, 4.69) is 6.92 Å². The lowest BCUT2D eigenvalue weighted by Gasteiger charge is -2.16. The lowest BCUT2D eigenvalue weighted by atomic mass is 9.98. The Morgan fingerprint density at radius 1 is 0.917 bits per heavy atom. The van der Waals surface area contributed by atoms with Crippen molar-refractivity contribution in [2.75, 3.05) is 0 Å². The van der Waals surface area contributed by atoms with Gasteiger partial charge < -0.3 is 10.2 Å². The summed E-state index contributed by atoms with van der Waals surface area (Å²) in [5, 5.41) is 29.8. The van der Waals surface area contributed by atoms with E-state index in [1.54, 1.807) is 0 Å². The van der Waals surface area contributed by atoms with Crippen LogP contribution in [-0.4, -0.2) is 33.3 Å². The van der Waals surface area contributed by atoms with Gasteiger partial charge in [-0.25, -0.2) is 0 Å². The highest BCUT2D eigenvalue weighted by Crippen LogP contribution is 2.17. The Kier molecular flexibility index (Phi) is 14.6. The van der Waals surface area contributed by atoms with Gasteiger partial charge in [0, 0.05) is 17.8 Å². The number of carboxylic acid groups (broad SMARTS) is 1. The van der Waals surface area contributed by atoms with Crippen molar-refractivity contribution in [1.82, 2.24) is 0 Å². The Balaban J connectivity index is 3.78. The van der Waals surface area contributed by atoms with Crippen molar-refractivity contribution < 1.29 is 19.9 Å². The molecule has 142 valence electrons. The van der Waals surface area contributed by atoms with Gasteiger partial charge in [0.05, 0.1) is 0 Å². The Morgan fingerprint density at radius 3 is 1.96 bits per heavy atom. The van der Waals surface area contributed by atoms with Crippen LogP contribution < -0.4 is 0 Å². The molecule has 0 aliphatic carbocycles. The number of aliphatic hydroxyl groups is 1. The minimum atomic E-state index is -0.861. The molecule has 0 aliphatic heterocycles. The Bertz CT molecular complexity index is 335. The van der Waals surface area contributed by atoms with E-state index in [-0.39, 0.29) is 11.3 Å². The van der Waals surface area contributed by atoms with Crippen LogP contribution >= 0.6 is 0 Å². The molecule has 0 saturated carbocycles. The first-order valence-electron chi connectivity index (χ1n) is 9.52. The van der Waals surface area contributed by atoms with Gasteiger partial charge in [-0.3, -0.25) is 14.9 Å². The molecular formula is C18H35NO5. The average Bonchev–Trinajstić information content (AvgIpc) is 2.52. The fourth-order valence-electron chi connectivity index (χ4n) is 2.92. The van der Waals surface area contributed by atoms with E-state index in [1.807, 2.05) is 0 Å². The smallest absolute Gasteiger partial charge is 0.303 e. The summed E-state index contributed by atoms with van der Waals surface area (Å²) in [4.78, 5) is 21.2. The molecule has 0 bridgehead atoms. The van der Waals surface area contributed by atoms with Crippen molar-refractivity contribution in [3.05, 3.63) is 10.1 Å². The second-order valence-corrected chi connectivity index (χ2v) is 6.68. The number of unbranched alkanes of at least 4 members (excludes halogenated alkanes) is 9. The summed E-state index contributed by atoms with van der Waals surface area (Å²) in [6, 6.07) is -0.861. The fourth-order valence-corrected chi connectivity index (χ4v) is 2.92. The fraction of sp³-hybridized carbons (Fsp3) is 0.944. The molecule has 0 heterocycles. The van der Waals surface area contributed by atoms with Crippen LogP contribution in [0.1, 0.15) is 96.8 Å². The molecule has 24 heavy (non-hydrogen) atoms. The number of nitrogens with zero attached hydrogens (tertiary/aromatic N) is 1. The van der Waals surface area contributed by atoms with Crippen molar-refractivity contribution in [2.45, 2.75) is 109 Å². The van der Waals surface area contributed by atoms with Crippen molar-refractivity contribution in [2.24, 2.45) is 0 Å². The largest absolute Gasteiger partial charge is 0.481 e. The van der Waals surface area contributed by atoms with E-state index in [1.165, 1.54) is 19.3 Å². The number of carbonyl (C=O) groups is 1. The summed E-state index contributed by atoms with van der Waals surface area (Å²) in [6.45, 7) is 2.16. The third kappa shape index (κ3) is 13.3. The average molecular weight is 345 g/mol. The van der Waals surface area contributed by atoms with Crippen LogP contribution in [0.15, 0.2) is 0 Å².